The summed E-state index contributed by atoms with van der Waals surface area (Å²) in [5.74, 6) is 1.36. The van der Waals surface area contributed by atoms with Gasteiger partial charge < -0.3 is 29.5 Å². The molecule has 9 heteroatoms. The van der Waals surface area contributed by atoms with E-state index >= 15 is 0 Å². The highest BCUT2D eigenvalue weighted by molar-refractivity contribution is 5.79. The van der Waals surface area contributed by atoms with Gasteiger partial charge in [0.05, 0.1) is 32.4 Å². The van der Waals surface area contributed by atoms with Gasteiger partial charge >= 0.3 is 6.03 Å². The number of carbonyl (C=O) groups is 2. The van der Waals surface area contributed by atoms with E-state index < -0.39 is 5.54 Å². The average Bonchev–Trinajstić information content (AvgIpc) is 3.38. The van der Waals surface area contributed by atoms with E-state index in [1.807, 2.05) is 24.0 Å². The van der Waals surface area contributed by atoms with Crippen LogP contribution in [-0.2, 0) is 14.3 Å². The third-order valence-corrected chi connectivity index (χ3v) is 6.12. The molecule has 1 N–H and O–H groups in total. The zero-order valence-corrected chi connectivity index (χ0v) is 18.0. The van der Waals surface area contributed by atoms with E-state index in [-0.39, 0.29) is 24.5 Å². The lowest BCUT2D eigenvalue weighted by Gasteiger charge is -2.38. The first-order valence-corrected chi connectivity index (χ1v) is 10.4. The minimum Gasteiger partial charge on any atom is -0.497 e. The number of hydrogen-bond donors (Lipinski definition) is 1. The summed E-state index contributed by atoms with van der Waals surface area (Å²) in [5, 5.41) is 12.2. The second-order valence-corrected chi connectivity index (χ2v) is 8.04. The number of ether oxygens (including phenoxy) is 2. The summed E-state index contributed by atoms with van der Waals surface area (Å²) in [5.41, 5.74) is -0.468. The Morgan fingerprint density at radius 3 is 2.83 bits per heavy atom. The van der Waals surface area contributed by atoms with Gasteiger partial charge in [0, 0.05) is 39.1 Å². The molecule has 0 aromatic carbocycles. The van der Waals surface area contributed by atoms with Gasteiger partial charge in [-0.05, 0) is 25.8 Å². The Hall–Kier alpha value is -2.73. The van der Waals surface area contributed by atoms with Gasteiger partial charge in [-0.3, -0.25) is 4.79 Å². The molecule has 2 aliphatic heterocycles. The summed E-state index contributed by atoms with van der Waals surface area (Å²) in [6.45, 7) is 5.19. The number of hydrogen-bond acceptors (Lipinski definition) is 6. The Bertz CT molecular complexity index is 774. The highest BCUT2D eigenvalue weighted by atomic mass is 16.5. The van der Waals surface area contributed by atoms with Crippen molar-refractivity contribution in [1.82, 2.24) is 20.0 Å². The van der Waals surface area contributed by atoms with Crippen LogP contribution in [0.1, 0.15) is 26.2 Å². The molecular formula is C21H31N5O4. The van der Waals surface area contributed by atoms with Crippen LogP contribution >= 0.6 is 0 Å². The number of likely N-dealkylation sites (tertiary alicyclic amines) is 1. The van der Waals surface area contributed by atoms with E-state index in [4.69, 9.17) is 14.7 Å². The topological polar surface area (TPSA) is 98.1 Å². The van der Waals surface area contributed by atoms with Gasteiger partial charge in [0.25, 0.3) is 0 Å². The lowest BCUT2D eigenvalue weighted by Crippen LogP contribution is -2.49. The number of rotatable bonds is 8. The number of nitrogens with zero attached hydrogens (tertiary/aromatic N) is 4. The molecule has 164 valence electrons. The van der Waals surface area contributed by atoms with Gasteiger partial charge in [-0.1, -0.05) is 6.08 Å². The molecule has 0 radical (unpaired) electrons. The molecule has 1 aliphatic carbocycles. The molecule has 2 heterocycles. The number of urea groups is 1. The molecular weight excluding hydrogens is 386 g/mol. The second kappa shape index (κ2) is 9.39. The van der Waals surface area contributed by atoms with Gasteiger partial charge in [0.1, 0.15) is 11.8 Å². The lowest BCUT2D eigenvalue weighted by molar-refractivity contribution is -0.130. The SMILES string of the molecule is COC1=C(OC)CC(C)(N2CCN(CCNCC(=O)N3CCC[C@H]3C#N)C2=O)C=C1. The molecule has 1 unspecified atom stereocenters. The maximum absolute atomic E-state index is 13.0. The second-order valence-electron chi connectivity index (χ2n) is 8.04. The van der Waals surface area contributed by atoms with Crippen molar-refractivity contribution in [1.29, 1.82) is 5.26 Å². The first-order valence-electron chi connectivity index (χ1n) is 10.4. The van der Waals surface area contributed by atoms with Crippen molar-refractivity contribution < 1.29 is 19.1 Å². The van der Waals surface area contributed by atoms with E-state index in [1.54, 1.807) is 24.0 Å². The van der Waals surface area contributed by atoms with Gasteiger partial charge in [0.2, 0.25) is 5.91 Å². The van der Waals surface area contributed by atoms with Crippen molar-refractivity contribution in [2.45, 2.75) is 37.8 Å². The van der Waals surface area contributed by atoms with Crippen molar-refractivity contribution in [3.8, 4) is 6.07 Å². The van der Waals surface area contributed by atoms with Crippen LogP contribution in [0.2, 0.25) is 0 Å². The highest BCUT2D eigenvalue weighted by Crippen LogP contribution is 2.34. The number of methoxy groups -OCH3 is 2. The number of nitriles is 1. The van der Waals surface area contributed by atoms with Crippen LogP contribution in [-0.4, -0.2) is 91.7 Å². The van der Waals surface area contributed by atoms with Crippen molar-refractivity contribution in [2.24, 2.45) is 0 Å². The molecule has 9 nitrogen and oxygen atoms in total. The Kier molecular flexibility index (Phi) is 6.87. The standard InChI is InChI=1S/C21H31N5O4/c1-21(7-6-17(29-2)18(13-21)30-3)26-12-11-24(20(26)28)10-8-23-15-19(27)25-9-4-5-16(25)14-22/h6-7,16,23H,4-5,8-13,15H2,1-3H3/t16-,21?/m0/s1. The fourth-order valence-electron chi connectivity index (χ4n) is 4.33. The summed E-state index contributed by atoms with van der Waals surface area (Å²) in [4.78, 5) is 30.5. The summed E-state index contributed by atoms with van der Waals surface area (Å²) < 4.78 is 10.8. The number of allylic oxidation sites excluding steroid dienone is 1. The third-order valence-electron chi connectivity index (χ3n) is 6.12. The molecule has 3 rings (SSSR count). The summed E-state index contributed by atoms with van der Waals surface area (Å²) >= 11 is 0. The first kappa shape index (κ1) is 22.0. The van der Waals surface area contributed by atoms with Crippen LogP contribution in [0.25, 0.3) is 0 Å². The first-order chi connectivity index (χ1) is 14.4. The van der Waals surface area contributed by atoms with Crippen molar-refractivity contribution >= 4 is 11.9 Å². The number of nitrogens with one attached hydrogen (secondary N) is 1. The van der Waals surface area contributed by atoms with Crippen molar-refractivity contribution in [2.75, 3.05) is 53.5 Å². The van der Waals surface area contributed by atoms with E-state index in [2.05, 4.69) is 11.4 Å². The molecule has 0 aromatic rings. The van der Waals surface area contributed by atoms with E-state index in [1.165, 1.54) is 0 Å². The minimum absolute atomic E-state index is 0.0179. The van der Waals surface area contributed by atoms with Crippen LogP contribution < -0.4 is 5.32 Å². The fraction of sp³-hybridized carbons (Fsp3) is 0.667. The van der Waals surface area contributed by atoms with Gasteiger partial charge in [-0.2, -0.15) is 5.26 Å². The summed E-state index contributed by atoms with van der Waals surface area (Å²) in [6, 6.07) is 1.86. The van der Waals surface area contributed by atoms with E-state index in [0.717, 1.165) is 18.6 Å². The molecule has 3 amide bonds. The van der Waals surface area contributed by atoms with E-state index in [9.17, 15) is 9.59 Å². The van der Waals surface area contributed by atoms with Crippen molar-refractivity contribution in [3.63, 3.8) is 0 Å². The smallest absolute Gasteiger partial charge is 0.320 e. The molecule has 30 heavy (non-hydrogen) atoms. The maximum atomic E-state index is 13.0. The van der Waals surface area contributed by atoms with Crippen LogP contribution in [0.4, 0.5) is 4.79 Å². The Labute approximate surface area is 177 Å². The quantitative estimate of drug-likeness (QED) is 0.593. The predicted octanol–water partition coefficient (Wildman–Crippen LogP) is 1.05. The van der Waals surface area contributed by atoms with Gasteiger partial charge in [0.15, 0.2) is 5.76 Å². The Morgan fingerprint density at radius 2 is 2.13 bits per heavy atom. The molecule has 0 spiro atoms. The maximum Gasteiger partial charge on any atom is 0.320 e. The van der Waals surface area contributed by atoms with Gasteiger partial charge in [-0.25, -0.2) is 4.79 Å². The predicted molar refractivity (Wildman–Crippen MR) is 110 cm³/mol. The van der Waals surface area contributed by atoms with Crippen LogP contribution in [0.5, 0.6) is 0 Å². The molecule has 2 saturated heterocycles. The van der Waals surface area contributed by atoms with Crippen LogP contribution in [0, 0.1) is 11.3 Å². The highest BCUT2D eigenvalue weighted by Gasteiger charge is 2.42. The molecule has 0 saturated carbocycles. The van der Waals surface area contributed by atoms with Gasteiger partial charge in [-0.15, -0.1) is 0 Å². The zero-order chi connectivity index (χ0) is 21.7. The average molecular weight is 418 g/mol. The molecule has 3 aliphatic rings. The summed E-state index contributed by atoms with van der Waals surface area (Å²) in [6.07, 6.45) is 6.04. The number of amides is 3. The fourth-order valence-corrected chi connectivity index (χ4v) is 4.33. The van der Waals surface area contributed by atoms with Crippen LogP contribution in [0.15, 0.2) is 23.7 Å². The largest absolute Gasteiger partial charge is 0.497 e. The Balaban J connectivity index is 1.47. The third kappa shape index (κ3) is 4.38. The lowest BCUT2D eigenvalue weighted by atomic mass is 9.90. The van der Waals surface area contributed by atoms with Crippen LogP contribution in [0.3, 0.4) is 0 Å². The molecule has 0 aromatic heterocycles. The van der Waals surface area contributed by atoms with E-state index in [0.29, 0.717) is 44.9 Å². The molecule has 2 fully saturated rings. The Morgan fingerprint density at radius 1 is 1.33 bits per heavy atom. The molecule has 0 bridgehead atoms. The molecule has 2 atom stereocenters. The summed E-state index contributed by atoms with van der Waals surface area (Å²) in [7, 11) is 3.21. The van der Waals surface area contributed by atoms with Crippen molar-refractivity contribution in [3.05, 3.63) is 23.7 Å². The minimum atomic E-state index is -0.468. The zero-order valence-electron chi connectivity index (χ0n) is 18.0. The monoisotopic (exact) mass is 417 g/mol. The number of carbonyl (C=O) groups excluding carboxylic acids is 2. The normalized spacial score (nSPS) is 26.4.